The molecule has 0 saturated heterocycles. The van der Waals surface area contributed by atoms with E-state index in [4.69, 9.17) is 10.5 Å². The Bertz CT molecular complexity index is 571. The van der Waals surface area contributed by atoms with Gasteiger partial charge in [-0.1, -0.05) is 6.07 Å². The van der Waals surface area contributed by atoms with Crippen LogP contribution in [-0.4, -0.2) is 58.6 Å². The van der Waals surface area contributed by atoms with E-state index in [1.165, 1.54) is 0 Å². The van der Waals surface area contributed by atoms with Crippen LogP contribution in [-0.2, 0) is 11.3 Å². The van der Waals surface area contributed by atoms with E-state index in [9.17, 15) is 4.79 Å². The number of pyridine rings is 1. The average molecular weight is 491 g/mol. The molecule has 154 valence electrons. The molecule has 0 aromatic carbocycles. The molecule has 0 unspecified atom stereocenters. The molecule has 0 fully saturated rings. The van der Waals surface area contributed by atoms with E-state index in [1.54, 1.807) is 17.3 Å². The number of nitrogens with two attached hydrogens (primary N) is 1. The van der Waals surface area contributed by atoms with Crippen LogP contribution in [0.15, 0.2) is 29.5 Å². The molecule has 0 aliphatic heterocycles. The SMILES string of the molecule is CCN(CC)C(N)=NCCCN(Cc1cccnc1)C(=O)OC(C)(C)C.I. The van der Waals surface area contributed by atoms with E-state index >= 15 is 0 Å². The summed E-state index contributed by atoms with van der Waals surface area (Å²) in [5, 5.41) is 0. The molecule has 0 spiro atoms. The van der Waals surface area contributed by atoms with E-state index < -0.39 is 5.60 Å². The molecule has 2 N–H and O–H groups in total. The van der Waals surface area contributed by atoms with Crippen LogP contribution in [0.5, 0.6) is 0 Å². The van der Waals surface area contributed by atoms with Gasteiger partial charge in [-0.2, -0.15) is 0 Å². The van der Waals surface area contributed by atoms with E-state index in [0.717, 1.165) is 18.7 Å². The number of halogens is 1. The third-order valence-corrected chi connectivity index (χ3v) is 3.70. The Labute approximate surface area is 180 Å². The summed E-state index contributed by atoms with van der Waals surface area (Å²) in [6.07, 6.45) is 3.85. The fourth-order valence-corrected chi connectivity index (χ4v) is 2.38. The van der Waals surface area contributed by atoms with Crippen molar-refractivity contribution in [3.05, 3.63) is 30.1 Å². The van der Waals surface area contributed by atoms with Crippen LogP contribution in [0.25, 0.3) is 0 Å². The number of rotatable bonds is 8. The fourth-order valence-electron chi connectivity index (χ4n) is 2.38. The van der Waals surface area contributed by atoms with Gasteiger partial charge in [-0.05, 0) is 52.7 Å². The molecule has 0 radical (unpaired) electrons. The number of carbonyl (C=O) groups is 1. The summed E-state index contributed by atoms with van der Waals surface area (Å²) in [5.41, 5.74) is 6.42. The summed E-state index contributed by atoms with van der Waals surface area (Å²) < 4.78 is 5.52. The first kappa shape index (κ1) is 25.4. The second kappa shape index (κ2) is 12.7. The molecule has 27 heavy (non-hydrogen) atoms. The van der Waals surface area contributed by atoms with Crippen molar-refractivity contribution in [2.45, 2.75) is 53.2 Å². The lowest BCUT2D eigenvalue weighted by atomic mass is 10.2. The highest BCUT2D eigenvalue weighted by Gasteiger charge is 2.22. The number of nitrogens with zero attached hydrogens (tertiary/aromatic N) is 4. The zero-order valence-electron chi connectivity index (χ0n) is 17.1. The second-order valence-corrected chi connectivity index (χ2v) is 7.03. The summed E-state index contributed by atoms with van der Waals surface area (Å²) in [7, 11) is 0. The largest absolute Gasteiger partial charge is 0.444 e. The lowest BCUT2D eigenvalue weighted by Crippen LogP contribution is -2.38. The third-order valence-electron chi connectivity index (χ3n) is 3.70. The summed E-state index contributed by atoms with van der Waals surface area (Å²) in [4.78, 5) is 24.7. The number of aliphatic imine (C=N–C) groups is 1. The normalized spacial score (nSPS) is 11.5. The second-order valence-electron chi connectivity index (χ2n) is 7.03. The van der Waals surface area contributed by atoms with E-state index in [-0.39, 0.29) is 30.1 Å². The number of hydrogen-bond donors (Lipinski definition) is 1. The molecule has 1 amide bonds. The first-order chi connectivity index (χ1) is 12.3. The minimum Gasteiger partial charge on any atom is -0.444 e. The zero-order valence-corrected chi connectivity index (χ0v) is 19.5. The Hall–Kier alpha value is -1.58. The van der Waals surface area contributed by atoms with Crippen LogP contribution < -0.4 is 5.73 Å². The zero-order chi connectivity index (χ0) is 19.6. The first-order valence-electron chi connectivity index (χ1n) is 9.18. The van der Waals surface area contributed by atoms with Crippen LogP contribution in [0.1, 0.15) is 46.6 Å². The molecular weight excluding hydrogens is 457 g/mol. The lowest BCUT2D eigenvalue weighted by Gasteiger charge is -2.27. The van der Waals surface area contributed by atoms with Crippen molar-refractivity contribution in [3.8, 4) is 0 Å². The monoisotopic (exact) mass is 491 g/mol. The molecule has 7 nitrogen and oxygen atoms in total. The van der Waals surface area contributed by atoms with Gasteiger partial charge < -0.3 is 20.3 Å². The van der Waals surface area contributed by atoms with Crippen molar-refractivity contribution in [3.63, 3.8) is 0 Å². The van der Waals surface area contributed by atoms with Gasteiger partial charge in [-0.15, -0.1) is 24.0 Å². The van der Waals surface area contributed by atoms with Crippen LogP contribution in [0, 0.1) is 0 Å². The molecule has 1 heterocycles. The Morgan fingerprint density at radius 3 is 2.44 bits per heavy atom. The van der Waals surface area contributed by atoms with Gasteiger partial charge in [0.25, 0.3) is 0 Å². The Kier molecular flexibility index (Phi) is 12.0. The highest BCUT2D eigenvalue weighted by atomic mass is 127. The molecule has 0 aliphatic rings. The van der Waals surface area contributed by atoms with Crippen molar-refractivity contribution in [1.82, 2.24) is 14.8 Å². The molecule has 1 aromatic rings. The molecule has 0 bridgehead atoms. The van der Waals surface area contributed by atoms with Gasteiger partial charge in [0.1, 0.15) is 5.60 Å². The fraction of sp³-hybridized carbons (Fsp3) is 0.632. The summed E-state index contributed by atoms with van der Waals surface area (Å²) in [6, 6.07) is 3.80. The molecule has 0 aliphatic carbocycles. The van der Waals surface area contributed by atoms with Crippen molar-refractivity contribution < 1.29 is 9.53 Å². The standard InChI is InChI=1S/C19H33N5O2.HI/c1-6-23(7-2)17(20)22-12-9-13-24(18(25)26-19(3,4)5)15-16-10-8-11-21-14-16;/h8,10-11,14H,6-7,9,12-13,15H2,1-5H3,(H2,20,22);1H. The molecule has 0 saturated carbocycles. The number of carbonyl (C=O) groups excluding carboxylic acids is 1. The van der Waals surface area contributed by atoms with Gasteiger partial charge in [0.05, 0.1) is 6.54 Å². The van der Waals surface area contributed by atoms with Gasteiger partial charge in [-0.3, -0.25) is 9.98 Å². The Balaban J connectivity index is 0.00000676. The van der Waals surface area contributed by atoms with Crippen LogP contribution in [0.4, 0.5) is 4.79 Å². The Morgan fingerprint density at radius 2 is 1.93 bits per heavy atom. The topological polar surface area (TPSA) is 84.0 Å². The lowest BCUT2D eigenvalue weighted by molar-refractivity contribution is 0.0232. The quantitative estimate of drug-likeness (QED) is 0.261. The number of aromatic nitrogens is 1. The maximum atomic E-state index is 12.5. The predicted octanol–water partition coefficient (Wildman–Crippen LogP) is 3.48. The number of amides is 1. The number of hydrogen-bond acceptors (Lipinski definition) is 4. The van der Waals surface area contributed by atoms with E-state index in [2.05, 4.69) is 9.98 Å². The summed E-state index contributed by atoms with van der Waals surface area (Å²) >= 11 is 0. The van der Waals surface area contributed by atoms with Gasteiger partial charge in [0.15, 0.2) is 5.96 Å². The predicted molar refractivity (Wildman–Crippen MR) is 120 cm³/mol. The molecule has 0 atom stereocenters. The first-order valence-corrected chi connectivity index (χ1v) is 9.18. The van der Waals surface area contributed by atoms with Crippen LogP contribution in [0.2, 0.25) is 0 Å². The number of ether oxygens (including phenoxy) is 1. The minimum absolute atomic E-state index is 0. The van der Waals surface area contributed by atoms with Gasteiger partial charge in [0, 0.05) is 38.6 Å². The van der Waals surface area contributed by atoms with E-state index in [1.807, 2.05) is 51.7 Å². The maximum Gasteiger partial charge on any atom is 0.410 e. The van der Waals surface area contributed by atoms with Crippen molar-refractivity contribution >= 4 is 36.0 Å². The van der Waals surface area contributed by atoms with Gasteiger partial charge >= 0.3 is 6.09 Å². The van der Waals surface area contributed by atoms with Gasteiger partial charge in [0.2, 0.25) is 0 Å². The van der Waals surface area contributed by atoms with Crippen molar-refractivity contribution in [2.24, 2.45) is 10.7 Å². The van der Waals surface area contributed by atoms with Crippen molar-refractivity contribution in [2.75, 3.05) is 26.2 Å². The molecule has 1 rings (SSSR count). The number of guanidine groups is 1. The van der Waals surface area contributed by atoms with Crippen molar-refractivity contribution in [1.29, 1.82) is 0 Å². The molecular formula is C19H34IN5O2. The van der Waals surface area contributed by atoms with E-state index in [0.29, 0.717) is 32.0 Å². The molecule has 8 heteroatoms. The maximum absolute atomic E-state index is 12.5. The molecule has 1 aromatic heterocycles. The smallest absolute Gasteiger partial charge is 0.410 e. The third kappa shape index (κ3) is 10.4. The van der Waals surface area contributed by atoms with Gasteiger partial charge in [-0.25, -0.2) is 4.79 Å². The summed E-state index contributed by atoms with van der Waals surface area (Å²) in [5.74, 6) is 0.547. The van der Waals surface area contributed by atoms with Crippen LogP contribution >= 0.6 is 24.0 Å². The summed E-state index contributed by atoms with van der Waals surface area (Å²) in [6.45, 7) is 12.9. The average Bonchev–Trinajstić information content (AvgIpc) is 2.58. The Morgan fingerprint density at radius 1 is 1.26 bits per heavy atom. The highest BCUT2D eigenvalue weighted by molar-refractivity contribution is 14.0. The minimum atomic E-state index is -0.532. The highest BCUT2D eigenvalue weighted by Crippen LogP contribution is 2.13. The van der Waals surface area contributed by atoms with Crippen LogP contribution in [0.3, 0.4) is 0 Å².